The summed E-state index contributed by atoms with van der Waals surface area (Å²) in [6, 6.07) is 20.3. The fraction of sp³-hybridized carbons (Fsp3) is 0.0625. The van der Waals surface area contributed by atoms with Crippen LogP contribution >= 0.6 is 0 Å². The zero-order chi connectivity index (χ0) is 12.1. The lowest BCUT2D eigenvalue weighted by Gasteiger charge is -2.07. The third-order valence-electron chi connectivity index (χ3n) is 2.66. The Morgan fingerprint density at radius 3 is 2.12 bits per heavy atom. The standard InChI is InChI=1S/C16H13N/c1-13-7-9-15(10-8-13)16(11-12-17)14-5-3-2-4-6-14/h2-11H,1H3/b16-11+. The molecule has 82 valence electrons. The zero-order valence-corrected chi connectivity index (χ0v) is 9.72. The molecule has 0 radical (unpaired) electrons. The second-order valence-corrected chi connectivity index (χ2v) is 3.92. The van der Waals surface area contributed by atoms with Crippen LogP contribution in [0.25, 0.3) is 5.57 Å². The molecule has 0 aliphatic carbocycles. The SMILES string of the molecule is Cc1ccc(/C(=C/C#N)c2ccccc2)cc1. The molecule has 0 saturated heterocycles. The summed E-state index contributed by atoms with van der Waals surface area (Å²) >= 11 is 0. The molecule has 1 nitrogen and oxygen atoms in total. The topological polar surface area (TPSA) is 23.8 Å². The van der Waals surface area contributed by atoms with E-state index < -0.39 is 0 Å². The molecule has 2 rings (SSSR count). The van der Waals surface area contributed by atoms with Crippen molar-refractivity contribution in [3.05, 3.63) is 77.4 Å². The molecule has 0 unspecified atom stereocenters. The second-order valence-electron chi connectivity index (χ2n) is 3.92. The predicted molar refractivity (Wildman–Crippen MR) is 70.3 cm³/mol. The summed E-state index contributed by atoms with van der Waals surface area (Å²) in [7, 11) is 0. The number of allylic oxidation sites excluding steroid dienone is 1. The van der Waals surface area contributed by atoms with Gasteiger partial charge in [0, 0.05) is 6.08 Å². The van der Waals surface area contributed by atoms with Crippen LogP contribution in [-0.2, 0) is 0 Å². The number of rotatable bonds is 2. The highest BCUT2D eigenvalue weighted by Crippen LogP contribution is 2.23. The Labute approximate surface area is 102 Å². The molecule has 17 heavy (non-hydrogen) atoms. The lowest BCUT2D eigenvalue weighted by Crippen LogP contribution is -1.87. The fourth-order valence-corrected chi connectivity index (χ4v) is 1.75. The van der Waals surface area contributed by atoms with Gasteiger partial charge in [-0.3, -0.25) is 0 Å². The maximum absolute atomic E-state index is 8.89. The molecular weight excluding hydrogens is 206 g/mol. The predicted octanol–water partition coefficient (Wildman–Crippen LogP) is 3.95. The highest BCUT2D eigenvalue weighted by Gasteiger charge is 2.03. The first kappa shape index (κ1) is 11.2. The number of nitriles is 1. The first-order valence-corrected chi connectivity index (χ1v) is 5.53. The molecule has 0 aliphatic heterocycles. The molecule has 1 heteroatoms. The fourth-order valence-electron chi connectivity index (χ4n) is 1.75. The molecule has 0 saturated carbocycles. The van der Waals surface area contributed by atoms with Crippen LogP contribution in [-0.4, -0.2) is 0 Å². The number of aryl methyl sites for hydroxylation is 1. The summed E-state index contributed by atoms with van der Waals surface area (Å²) < 4.78 is 0. The zero-order valence-electron chi connectivity index (χ0n) is 9.72. The van der Waals surface area contributed by atoms with Gasteiger partial charge in [0.1, 0.15) is 0 Å². The Morgan fingerprint density at radius 2 is 1.53 bits per heavy atom. The normalized spacial score (nSPS) is 10.9. The molecule has 0 heterocycles. The maximum Gasteiger partial charge on any atom is 0.0918 e. The van der Waals surface area contributed by atoms with Crippen molar-refractivity contribution in [1.82, 2.24) is 0 Å². The van der Waals surface area contributed by atoms with E-state index in [1.54, 1.807) is 6.08 Å². The summed E-state index contributed by atoms with van der Waals surface area (Å²) in [5.74, 6) is 0. The van der Waals surface area contributed by atoms with Crippen LogP contribution in [0, 0.1) is 18.3 Å². The van der Waals surface area contributed by atoms with Crippen LogP contribution in [0.3, 0.4) is 0 Å². The molecular formula is C16H13N. The quantitative estimate of drug-likeness (QED) is 0.701. The van der Waals surface area contributed by atoms with E-state index in [1.165, 1.54) is 5.56 Å². The molecule has 2 aromatic carbocycles. The van der Waals surface area contributed by atoms with Crippen LogP contribution in [0.1, 0.15) is 16.7 Å². The average molecular weight is 219 g/mol. The van der Waals surface area contributed by atoms with Crippen LogP contribution in [0.4, 0.5) is 0 Å². The Hall–Kier alpha value is -2.33. The van der Waals surface area contributed by atoms with Crippen LogP contribution in [0.15, 0.2) is 60.7 Å². The Bertz CT molecular complexity index is 557. The van der Waals surface area contributed by atoms with Gasteiger partial charge in [0.05, 0.1) is 6.07 Å². The average Bonchev–Trinajstić information content (AvgIpc) is 2.38. The Balaban J connectivity index is 2.48. The van der Waals surface area contributed by atoms with Gasteiger partial charge >= 0.3 is 0 Å². The Kier molecular flexibility index (Phi) is 3.37. The third kappa shape index (κ3) is 2.62. The molecule has 0 atom stereocenters. The highest BCUT2D eigenvalue weighted by atomic mass is 14.2. The molecule has 2 aromatic rings. The minimum atomic E-state index is 0.966. The van der Waals surface area contributed by atoms with E-state index >= 15 is 0 Å². The number of hydrogen-bond donors (Lipinski definition) is 0. The van der Waals surface area contributed by atoms with Crippen LogP contribution < -0.4 is 0 Å². The smallest absolute Gasteiger partial charge is 0.0918 e. The molecule has 0 N–H and O–H groups in total. The molecule has 0 spiro atoms. The van der Waals surface area contributed by atoms with Gasteiger partial charge in [-0.1, -0.05) is 60.2 Å². The van der Waals surface area contributed by atoms with Gasteiger partial charge in [-0.25, -0.2) is 0 Å². The summed E-state index contributed by atoms with van der Waals surface area (Å²) in [4.78, 5) is 0. The highest BCUT2D eigenvalue weighted by molar-refractivity contribution is 5.81. The van der Waals surface area contributed by atoms with Gasteiger partial charge in [-0.05, 0) is 23.6 Å². The number of hydrogen-bond acceptors (Lipinski definition) is 1. The molecule has 0 bridgehead atoms. The first-order valence-electron chi connectivity index (χ1n) is 5.53. The molecule has 0 fully saturated rings. The van der Waals surface area contributed by atoms with Gasteiger partial charge in [-0.2, -0.15) is 5.26 Å². The largest absolute Gasteiger partial charge is 0.193 e. The van der Waals surface area contributed by atoms with E-state index in [0.717, 1.165) is 16.7 Å². The van der Waals surface area contributed by atoms with Gasteiger partial charge in [-0.15, -0.1) is 0 Å². The number of nitrogens with zero attached hydrogens (tertiary/aromatic N) is 1. The second kappa shape index (κ2) is 5.14. The van der Waals surface area contributed by atoms with Crippen molar-refractivity contribution in [2.45, 2.75) is 6.92 Å². The van der Waals surface area contributed by atoms with Crippen molar-refractivity contribution in [2.24, 2.45) is 0 Å². The monoisotopic (exact) mass is 219 g/mol. The van der Waals surface area contributed by atoms with Crippen molar-refractivity contribution >= 4 is 5.57 Å². The van der Waals surface area contributed by atoms with E-state index in [2.05, 4.69) is 25.1 Å². The van der Waals surface area contributed by atoms with E-state index in [4.69, 9.17) is 5.26 Å². The minimum absolute atomic E-state index is 0.966. The third-order valence-corrected chi connectivity index (χ3v) is 2.66. The van der Waals surface area contributed by atoms with Gasteiger partial charge in [0.25, 0.3) is 0 Å². The van der Waals surface area contributed by atoms with Crippen molar-refractivity contribution in [2.75, 3.05) is 0 Å². The first-order chi connectivity index (χ1) is 8.31. The van der Waals surface area contributed by atoms with Crippen molar-refractivity contribution in [3.8, 4) is 6.07 Å². The van der Waals surface area contributed by atoms with E-state index in [-0.39, 0.29) is 0 Å². The van der Waals surface area contributed by atoms with Crippen LogP contribution in [0.2, 0.25) is 0 Å². The van der Waals surface area contributed by atoms with Gasteiger partial charge < -0.3 is 0 Å². The van der Waals surface area contributed by atoms with Crippen molar-refractivity contribution in [1.29, 1.82) is 5.26 Å². The van der Waals surface area contributed by atoms with Gasteiger partial charge in [0.2, 0.25) is 0 Å². The summed E-state index contributed by atoms with van der Waals surface area (Å²) in [6.07, 6.45) is 1.60. The van der Waals surface area contributed by atoms with E-state index in [0.29, 0.717) is 0 Å². The maximum atomic E-state index is 8.89. The molecule has 0 amide bonds. The summed E-state index contributed by atoms with van der Waals surface area (Å²) in [5.41, 5.74) is 4.33. The van der Waals surface area contributed by atoms with E-state index in [1.807, 2.05) is 42.5 Å². The van der Waals surface area contributed by atoms with Gasteiger partial charge in [0.15, 0.2) is 0 Å². The lowest BCUT2D eigenvalue weighted by molar-refractivity contribution is 1.44. The Morgan fingerprint density at radius 1 is 0.941 bits per heavy atom. The van der Waals surface area contributed by atoms with E-state index in [9.17, 15) is 0 Å². The van der Waals surface area contributed by atoms with Crippen molar-refractivity contribution < 1.29 is 0 Å². The summed E-state index contributed by atoms with van der Waals surface area (Å²) in [5, 5.41) is 8.89. The molecule has 0 aliphatic rings. The summed E-state index contributed by atoms with van der Waals surface area (Å²) in [6.45, 7) is 2.06. The molecule has 0 aromatic heterocycles. The number of benzene rings is 2. The van der Waals surface area contributed by atoms with Crippen LogP contribution in [0.5, 0.6) is 0 Å². The minimum Gasteiger partial charge on any atom is -0.193 e. The lowest BCUT2D eigenvalue weighted by atomic mass is 9.97. The van der Waals surface area contributed by atoms with Crippen molar-refractivity contribution in [3.63, 3.8) is 0 Å².